The molecule has 0 saturated heterocycles. The van der Waals surface area contributed by atoms with E-state index < -0.39 is 11.7 Å². The average Bonchev–Trinajstić information content (AvgIpc) is 2.96. The number of hydrogen-bond acceptors (Lipinski definition) is 2. The lowest BCUT2D eigenvalue weighted by molar-refractivity contribution is -0.136. The molecule has 0 saturated carbocycles. The molecule has 0 unspecified atom stereocenters. The summed E-state index contributed by atoms with van der Waals surface area (Å²) in [4.78, 5) is 0. The molecule has 25 heavy (non-hydrogen) atoms. The summed E-state index contributed by atoms with van der Waals surface area (Å²) in [5.74, 6) is -0.333. The number of anilines is 2. The van der Waals surface area contributed by atoms with Crippen molar-refractivity contribution in [1.29, 1.82) is 0 Å². The van der Waals surface area contributed by atoms with E-state index in [0.717, 1.165) is 21.5 Å². The Morgan fingerprint density at radius 1 is 0.720 bits per heavy atom. The first-order valence-corrected chi connectivity index (χ1v) is 8.30. The zero-order chi connectivity index (χ0) is 17.6. The molecule has 0 fully saturated rings. The summed E-state index contributed by atoms with van der Waals surface area (Å²) in [6.45, 7) is 0. The van der Waals surface area contributed by atoms with Crippen LogP contribution >= 0.6 is 11.3 Å². The first-order valence-electron chi connectivity index (χ1n) is 7.48. The summed E-state index contributed by atoms with van der Waals surface area (Å²) in [5, 5.41) is 4.44. The lowest BCUT2D eigenvalue weighted by Crippen LogP contribution is -2.08. The van der Waals surface area contributed by atoms with Gasteiger partial charge < -0.3 is 5.32 Å². The molecule has 0 spiro atoms. The molecule has 1 N–H and O–H groups in total. The fraction of sp³-hybridized carbons (Fsp3) is 0.0526. The molecule has 0 radical (unpaired) electrons. The number of halogens is 4. The minimum atomic E-state index is -4.45. The van der Waals surface area contributed by atoms with Crippen molar-refractivity contribution in [3.63, 3.8) is 0 Å². The van der Waals surface area contributed by atoms with Gasteiger partial charge in [0.05, 0.1) is 26.3 Å². The van der Waals surface area contributed by atoms with Crippen molar-refractivity contribution in [2.45, 2.75) is 6.18 Å². The first kappa shape index (κ1) is 15.9. The Bertz CT molecular complexity index is 1080. The number of nitrogens with one attached hydrogen (secondary N) is 1. The minimum absolute atomic E-state index is 0.0274. The van der Waals surface area contributed by atoms with E-state index in [2.05, 4.69) is 5.32 Å². The number of thiophene rings is 1. The number of fused-ring (bicyclic) bond motifs is 3. The van der Waals surface area contributed by atoms with E-state index in [0.29, 0.717) is 10.4 Å². The van der Waals surface area contributed by atoms with Crippen LogP contribution in [0, 0.1) is 5.82 Å². The van der Waals surface area contributed by atoms with Crippen molar-refractivity contribution in [2.24, 2.45) is 0 Å². The van der Waals surface area contributed by atoms with Crippen molar-refractivity contribution in [2.75, 3.05) is 5.32 Å². The third-order valence-corrected chi connectivity index (χ3v) is 5.24. The fourth-order valence-electron chi connectivity index (χ4n) is 2.87. The highest BCUT2D eigenvalue weighted by Gasteiger charge is 2.33. The van der Waals surface area contributed by atoms with E-state index in [1.807, 2.05) is 12.1 Å². The van der Waals surface area contributed by atoms with Gasteiger partial charge in [-0.15, -0.1) is 11.3 Å². The van der Waals surface area contributed by atoms with E-state index in [9.17, 15) is 17.6 Å². The molecular formula is C19H11F4NS. The molecule has 3 aromatic carbocycles. The van der Waals surface area contributed by atoms with Gasteiger partial charge in [0.15, 0.2) is 0 Å². The Morgan fingerprint density at radius 3 is 2.12 bits per heavy atom. The number of alkyl halides is 3. The van der Waals surface area contributed by atoms with Gasteiger partial charge in [-0.05, 0) is 24.3 Å². The SMILES string of the molecule is Fc1cccc2c1sc1c(Nc3ccccc3C(F)(F)F)cccc12. The molecule has 0 aliphatic heterocycles. The van der Waals surface area contributed by atoms with E-state index in [4.69, 9.17) is 0 Å². The van der Waals surface area contributed by atoms with Crippen LogP contribution in [0.15, 0.2) is 60.7 Å². The smallest absolute Gasteiger partial charge is 0.354 e. The summed E-state index contributed by atoms with van der Waals surface area (Å²) in [7, 11) is 0. The average molecular weight is 361 g/mol. The molecule has 4 aromatic rings. The zero-order valence-electron chi connectivity index (χ0n) is 12.7. The van der Waals surface area contributed by atoms with Crippen molar-refractivity contribution in [1.82, 2.24) is 0 Å². The van der Waals surface area contributed by atoms with Gasteiger partial charge in [-0.3, -0.25) is 0 Å². The predicted octanol–water partition coefficient (Wildman–Crippen LogP) is 6.96. The van der Waals surface area contributed by atoms with E-state index in [-0.39, 0.29) is 11.5 Å². The second-order valence-electron chi connectivity index (χ2n) is 5.57. The van der Waals surface area contributed by atoms with Gasteiger partial charge in [-0.25, -0.2) is 4.39 Å². The molecule has 1 heterocycles. The molecule has 0 amide bonds. The first-order chi connectivity index (χ1) is 11.9. The maximum Gasteiger partial charge on any atom is 0.418 e. The van der Waals surface area contributed by atoms with Gasteiger partial charge >= 0.3 is 6.18 Å². The van der Waals surface area contributed by atoms with Gasteiger partial charge in [0.2, 0.25) is 0 Å². The molecule has 0 aliphatic carbocycles. The summed E-state index contributed by atoms with van der Waals surface area (Å²) < 4.78 is 54.9. The molecule has 4 rings (SSSR count). The van der Waals surface area contributed by atoms with Crippen LogP contribution in [0.4, 0.5) is 28.9 Å². The van der Waals surface area contributed by atoms with Gasteiger partial charge in [-0.1, -0.05) is 36.4 Å². The Labute approximate surface area is 144 Å². The Morgan fingerprint density at radius 2 is 1.36 bits per heavy atom. The number of hydrogen-bond donors (Lipinski definition) is 1. The third-order valence-electron chi connectivity index (χ3n) is 3.98. The van der Waals surface area contributed by atoms with Crippen LogP contribution in [0.5, 0.6) is 0 Å². The highest BCUT2D eigenvalue weighted by molar-refractivity contribution is 7.26. The van der Waals surface area contributed by atoms with E-state index >= 15 is 0 Å². The minimum Gasteiger partial charge on any atom is -0.354 e. The molecule has 126 valence electrons. The molecule has 6 heteroatoms. The Balaban J connectivity index is 1.89. The van der Waals surface area contributed by atoms with Gasteiger partial charge in [0.25, 0.3) is 0 Å². The maximum absolute atomic E-state index is 14.0. The largest absolute Gasteiger partial charge is 0.418 e. The second kappa shape index (κ2) is 5.74. The fourth-order valence-corrected chi connectivity index (χ4v) is 4.04. The summed E-state index contributed by atoms with van der Waals surface area (Å²) in [6.07, 6.45) is -4.45. The number of benzene rings is 3. The molecule has 1 nitrogen and oxygen atoms in total. The monoisotopic (exact) mass is 361 g/mol. The highest BCUT2D eigenvalue weighted by Crippen LogP contribution is 2.42. The summed E-state index contributed by atoms with van der Waals surface area (Å²) >= 11 is 1.23. The second-order valence-corrected chi connectivity index (χ2v) is 6.59. The van der Waals surface area contributed by atoms with Gasteiger partial charge in [-0.2, -0.15) is 13.2 Å². The lowest BCUT2D eigenvalue weighted by Gasteiger charge is -2.14. The number of rotatable bonds is 2. The Hall–Kier alpha value is -2.60. The normalized spacial score (nSPS) is 12.0. The molecular weight excluding hydrogens is 350 g/mol. The van der Waals surface area contributed by atoms with Gasteiger partial charge in [0, 0.05) is 10.8 Å². The predicted molar refractivity (Wildman–Crippen MR) is 94.0 cm³/mol. The van der Waals surface area contributed by atoms with Crippen molar-refractivity contribution in [3.05, 3.63) is 72.0 Å². The van der Waals surface area contributed by atoms with Crippen molar-refractivity contribution < 1.29 is 17.6 Å². The van der Waals surface area contributed by atoms with Gasteiger partial charge in [0.1, 0.15) is 5.82 Å². The quantitative estimate of drug-likeness (QED) is 0.381. The van der Waals surface area contributed by atoms with Crippen LogP contribution in [0.3, 0.4) is 0 Å². The summed E-state index contributed by atoms with van der Waals surface area (Å²) in [5.41, 5.74) is -0.241. The molecule has 0 bridgehead atoms. The van der Waals surface area contributed by atoms with Crippen LogP contribution < -0.4 is 5.32 Å². The topological polar surface area (TPSA) is 12.0 Å². The zero-order valence-corrected chi connectivity index (χ0v) is 13.5. The maximum atomic E-state index is 14.0. The number of para-hydroxylation sites is 1. The van der Waals surface area contributed by atoms with Crippen LogP contribution in [-0.2, 0) is 6.18 Å². The van der Waals surface area contributed by atoms with Crippen molar-refractivity contribution >= 4 is 42.9 Å². The van der Waals surface area contributed by atoms with E-state index in [1.54, 1.807) is 24.3 Å². The van der Waals surface area contributed by atoms with E-state index in [1.165, 1.54) is 29.5 Å². The van der Waals surface area contributed by atoms with Crippen LogP contribution in [0.25, 0.3) is 20.2 Å². The molecule has 0 atom stereocenters. The van der Waals surface area contributed by atoms with Crippen molar-refractivity contribution in [3.8, 4) is 0 Å². The Kier molecular flexibility index (Phi) is 3.65. The molecule has 1 aromatic heterocycles. The van der Waals surface area contributed by atoms with Crippen LogP contribution in [-0.4, -0.2) is 0 Å². The van der Waals surface area contributed by atoms with Crippen LogP contribution in [0.1, 0.15) is 5.56 Å². The molecule has 0 aliphatic rings. The third kappa shape index (κ3) is 2.72. The highest BCUT2D eigenvalue weighted by atomic mass is 32.1. The lowest BCUT2D eigenvalue weighted by atomic mass is 10.1. The standard InChI is InChI=1S/C19H11F4NS/c20-14-8-3-5-11-12-6-4-10-16(18(12)25-17(11)14)24-15-9-2-1-7-13(15)19(21,22)23/h1-10,24H. The summed E-state index contributed by atoms with van der Waals surface area (Å²) in [6, 6.07) is 15.4. The van der Waals surface area contributed by atoms with Crippen LogP contribution in [0.2, 0.25) is 0 Å².